The summed E-state index contributed by atoms with van der Waals surface area (Å²) >= 11 is 0. The van der Waals surface area contributed by atoms with Gasteiger partial charge in [-0.15, -0.1) is 0 Å². The van der Waals surface area contributed by atoms with E-state index in [1.54, 1.807) is 6.33 Å². The van der Waals surface area contributed by atoms with Gasteiger partial charge in [-0.2, -0.15) is 5.10 Å². The van der Waals surface area contributed by atoms with Crippen LogP contribution in [0, 0.1) is 0 Å². The molecule has 0 N–H and O–H groups in total. The summed E-state index contributed by atoms with van der Waals surface area (Å²) in [5.41, 5.74) is 0.168. The van der Waals surface area contributed by atoms with Crippen LogP contribution in [0.1, 0.15) is 52.9 Å². The minimum absolute atomic E-state index is 0.168. The van der Waals surface area contributed by atoms with Crippen molar-refractivity contribution in [3.05, 3.63) is 12.7 Å². The summed E-state index contributed by atoms with van der Waals surface area (Å²) in [4.78, 5) is 4.03. The predicted octanol–water partition coefficient (Wildman–Crippen LogP) is 2.98. The molecule has 1 rings (SSSR count). The first kappa shape index (κ1) is 11.2. The molecule has 0 saturated heterocycles. The lowest BCUT2D eigenvalue weighted by atomic mass is 9.90. The van der Waals surface area contributed by atoms with Crippen LogP contribution in [-0.4, -0.2) is 14.8 Å². The van der Waals surface area contributed by atoms with Crippen LogP contribution in [0.25, 0.3) is 0 Å². The van der Waals surface area contributed by atoms with Gasteiger partial charge < -0.3 is 0 Å². The molecule has 0 aliphatic heterocycles. The van der Waals surface area contributed by atoms with E-state index in [9.17, 15) is 0 Å². The second-order valence-electron chi connectivity index (χ2n) is 4.19. The molecule has 0 aliphatic rings. The van der Waals surface area contributed by atoms with Crippen molar-refractivity contribution in [3.8, 4) is 0 Å². The van der Waals surface area contributed by atoms with Gasteiger partial charge in [-0.05, 0) is 19.8 Å². The van der Waals surface area contributed by atoms with Crippen LogP contribution in [0.5, 0.6) is 0 Å². The van der Waals surface area contributed by atoms with Crippen molar-refractivity contribution in [2.24, 2.45) is 0 Å². The van der Waals surface area contributed by atoms with E-state index < -0.39 is 0 Å². The van der Waals surface area contributed by atoms with Crippen LogP contribution in [0.2, 0.25) is 0 Å². The molecule has 0 aliphatic carbocycles. The Bertz CT molecular complexity index is 243. The standard InChI is InChI=1S/C11H21N3/c1-4-6-8-11(3,7-5-2)14-10-12-9-13-14/h9-10H,4-8H2,1-3H3. The molecule has 14 heavy (non-hydrogen) atoms. The van der Waals surface area contributed by atoms with Gasteiger partial charge in [-0.25, -0.2) is 9.67 Å². The van der Waals surface area contributed by atoms with E-state index >= 15 is 0 Å². The summed E-state index contributed by atoms with van der Waals surface area (Å²) < 4.78 is 2.02. The fraction of sp³-hybridized carbons (Fsp3) is 0.818. The number of aromatic nitrogens is 3. The lowest BCUT2D eigenvalue weighted by Gasteiger charge is -2.29. The topological polar surface area (TPSA) is 30.7 Å². The molecule has 0 aromatic carbocycles. The van der Waals surface area contributed by atoms with Gasteiger partial charge in [-0.1, -0.05) is 33.1 Å². The summed E-state index contributed by atoms with van der Waals surface area (Å²) in [5, 5.41) is 4.27. The first-order chi connectivity index (χ1) is 6.73. The van der Waals surface area contributed by atoms with Crippen molar-refractivity contribution in [3.63, 3.8) is 0 Å². The van der Waals surface area contributed by atoms with Crippen LogP contribution in [0.3, 0.4) is 0 Å². The lowest BCUT2D eigenvalue weighted by molar-refractivity contribution is 0.234. The summed E-state index contributed by atoms with van der Waals surface area (Å²) in [6, 6.07) is 0. The quantitative estimate of drug-likeness (QED) is 0.698. The molecule has 3 heteroatoms. The van der Waals surface area contributed by atoms with Gasteiger partial charge in [0.05, 0.1) is 5.54 Å². The fourth-order valence-electron chi connectivity index (χ4n) is 1.94. The first-order valence-electron chi connectivity index (χ1n) is 5.58. The highest BCUT2D eigenvalue weighted by Gasteiger charge is 2.25. The molecule has 80 valence electrons. The van der Waals surface area contributed by atoms with Gasteiger partial charge >= 0.3 is 0 Å². The first-order valence-corrected chi connectivity index (χ1v) is 5.58. The average molecular weight is 195 g/mol. The Balaban J connectivity index is 2.70. The van der Waals surface area contributed by atoms with Gasteiger partial charge in [0.25, 0.3) is 0 Å². The molecule has 1 unspecified atom stereocenters. The molecule has 0 radical (unpaired) electrons. The summed E-state index contributed by atoms with van der Waals surface area (Å²) in [6.07, 6.45) is 9.53. The smallest absolute Gasteiger partial charge is 0.137 e. The maximum atomic E-state index is 4.27. The van der Waals surface area contributed by atoms with Crippen molar-refractivity contribution in [2.75, 3.05) is 0 Å². The van der Waals surface area contributed by atoms with E-state index in [2.05, 4.69) is 30.9 Å². The van der Waals surface area contributed by atoms with Gasteiger partial charge in [0, 0.05) is 0 Å². The van der Waals surface area contributed by atoms with E-state index in [1.807, 2.05) is 11.0 Å². The summed E-state index contributed by atoms with van der Waals surface area (Å²) in [5.74, 6) is 0. The zero-order chi connectivity index (χ0) is 10.4. The van der Waals surface area contributed by atoms with E-state index in [1.165, 1.54) is 32.1 Å². The Morgan fingerprint density at radius 1 is 1.21 bits per heavy atom. The van der Waals surface area contributed by atoms with Crippen molar-refractivity contribution >= 4 is 0 Å². The highest BCUT2D eigenvalue weighted by Crippen LogP contribution is 2.27. The van der Waals surface area contributed by atoms with E-state index in [4.69, 9.17) is 0 Å². The third-order valence-electron chi connectivity index (χ3n) is 2.83. The second kappa shape index (κ2) is 5.13. The molecular weight excluding hydrogens is 174 g/mol. The zero-order valence-electron chi connectivity index (χ0n) is 9.53. The molecule has 1 heterocycles. The highest BCUT2D eigenvalue weighted by molar-refractivity contribution is 4.81. The van der Waals surface area contributed by atoms with E-state index in [0.29, 0.717) is 0 Å². The number of rotatable bonds is 6. The normalized spacial score (nSPS) is 15.4. The molecule has 0 amide bonds. The zero-order valence-corrected chi connectivity index (χ0v) is 9.53. The fourth-order valence-corrected chi connectivity index (χ4v) is 1.94. The SMILES string of the molecule is CCCCC(C)(CCC)n1cncn1. The van der Waals surface area contributed by atoms with Gasteiger partial charge in [0.15, 0.2) is 0 Å². The molecule has 1 aromatic rings. The van der Waals surface area contributed by atoms with Crippen molar-refractivity contribution in [2.45, 2.75) is 58.4 Å². The van der Waals surface area contributed by atoms with Gasteiger partial charge in [0.2, 0.25) is 0 Å². The number of nitrogens with zero attached hydrogens (tertiary/aromatic N) is 3. The van der Waals surface area contributed by atoms with E-state index in [0.717, 1.165) is 0 Å². The maximum Gasteiger partial charge on any atom is 0.137 e. The van der Waals surface area contributed by atoms with Gasteiger partial charge in [0.1, 0.15) is 12.7 Å². The Morgan fingerprint density at radius 2 is 2.00 bits per heavy atom. The predicted molar refractivity (Wildman–Crippen MR) is 58.1 cm³/mol. The van der Waals surface area contributed by atoms with E-state index in [-0.39, 0.29) is 5.54 Å². The van der Waals surface area contributed by atoms with Crippen LogP contribution in [0.4, 0.5) is 0 Å². The molecule has 0 bridgehead atoms. The Kier molecular flexibility index (Phi) is 4.11. The average Bonchev–Trinajstić information content (AvgIpc) is 2.68. The Hall–Kier alpha value is -0.860. The Morgan fingerprint density at radius 3 is 2.50 bits per heavy atom. The number of hydrogen-bond acceptors (Lipinski definition) is 2. The Labute approximate surface area is 86.5 Å². The second-order valence-corrected chi connectivity index (χ2v) is 4.19. The molecule has 0 saturated carbocycles. The number of hydrogen-bond donors (Lipinski definition) is 0. The molecule has 3 nitrogen and oxygen atoms in total. The van der Waals surface area contributed by atoms with Crippen molar-refractivity contribution in [1.82, 2.24) is 14.8 Å². The monoisotopic (exact) mass is 195 g/mol. The molecule has 0 spiro atoms. The highest BCUT2D eigenvalue weighted by atomic mass is 15.3. The van der Waals surface area contributed by atoms with Crippen molar-refractivity contribution in [1.29, 1.82) is 0 Å². The van der Waals surface area contributed by atoms with Gasteiger partial charge in [-0.3, -0.25) is 0 Å². The van der Waals surface area contributed by atoms with Crippen LogP contribution >= 0.6 is 0 Å². The molecule has 1 atom stereocenters. The summed E-state index contributed by atoms with van der Waals surface area (Å²) in [7, 11) is 0. The number of unbranched alkanes of at least 4 members (excludes halogenated alkanes) is 1. The third-order valence-corrected chi connectivity index (χ3v) is 2.83. The third kappa shape index (κ3) is 2.56. The lowest BCUT2D eigenvalue weighted by Crippen LogP contribution is -2.30. The molecular formula is C11H21N3. The maximum absolute atomic E-state index is 4.27. The molecule has 0 fully saturated rings. The minimum Gasteiger partial charge on any atom is -0.247 e. The van der Waals surface area contributed by atoms with Crippen LogP contribution in [0.15, 0.2) is 12.7 Å². The van der Waals surface area contributed by atoms with Crippen molar-refractivity contribution < 1.29 is 0 Å². The molecule has 1 aromatic heterocycles. The van der Waals surface area contributed by atoms with Crippen LogP contribution in [-0.2, 0) is 5.54 Å². The largest absolute Gasteiger partial charge is 0.247 e. The van der Waals surface area contributed by atoms with Crippen LogP contribution < -0.4 is 0 Å². The minimum atomic E-state index is 0.168. The summed E-state index contributed by atoms with van der Waals surface area (Å²) in [6.45, 7) is 6.73.